The van der Waals surface area contributed by atoms with Crippen molar-refractivity contribution < 1.29 is 4.79 Å². The number of fused-ring (bicyclic) bond motifs is 1. The summed E-state index contributed by atoms with van der Waals surface area (Å²) in [7, 11) is 0. The number of para-hydroxylation sites is 1. The smallest absolute Gasteiger partial charge is 0.163 e. The van der Waals surface area contributed by atoms with Crippen molar-refractivity contribution in [2.24, 2.45) is 5.92 Å². The predicted octanol–water partition coefficient (Wildman–Crippen LogP) is 4.70. The minimum Gasteiger partial charge on any atom is -0.294 e. The van der Waals surface area contributed by atoms with Crippen LogP contribution in [0.15, 0.2) is 30.3 Å². The van der Waals surface area contributed by atoms with E-state index in [9.17, 15) is 4.79 Å². The number of aromatic nitrogens is 1. The molecule has 1 aliphatic carbocycles. The summed E-state index contributed by atoms with van der Waals surface area (Å²) in [5.41, 5.74) is 2.72. The molecule has 0 N–H and O–H groups in total. The van der Waals surface area contributed by atoms with Gasteiger partial charge in [-0.25, -0.2) is 0 Å². The van der Waals surface area contributed by atoms with E-state index < -0.39 is 0 Å². The normalized spacial score (nSPS) is 16.4. The summed E-state index contributed by atoms with van der Waals surface area (Å²) in [4.78, 5) is 17.2. The molecule has 2 heteroatoms. The van der Waals surface area contributed by atoms with Crippen LogP contribution in [-0.2, 0) is 0 Å². The molecule has 2 nitrogen and oxygen atoms in total. The first kappa shape index (κ1) is 13.3. The Morgan fingerprint density at radius 3 is 2.75 bits per heavy atom. The number of aryl methyl sites for hydroxylation is 1. The minimum atomic E-state index is 0.290. The monoisotopic (exact) mass is 267 g/mol. The molecule has 0 saturated heterocycles. The number of rotatable bonds is 3. The summed E-state index contributed by atoms with van der Waals surface area (Å²) >= 11 is 0. The highest BCUT2D eigenvalue weighted by Gasteiger charge is 2.19. The number of carbonyl (C=O) groups excluding carboxylic acids is 1. The molecule has 1 heterocycles. The molecule has 1 saturated carbocycles. The van der Waals surface area contributed by atoms with E-state index in [1.54, 1.807) is 0 Å². The van der Waals surface area contributed by atoms with Gasteiger partial charge in [0, 0.05) is 23.1 Å². The number of benzene rings is 1. The third-order valence-corrected chi connectivity index (χ3v) is 4.34. The zero-order chi connectivity index (χ0) is 13.9. The summed E-state index contributed by atoms with van der Waals surface area (Å²) in [5, 5.41) is 0.999. The molecule has 3 rings (SSSR count). The van der Waals surface area contributed by atoms with E-state index in [4.69, 9.17) is 0 Å². The van der Waals surface area contributed by atoms with Crippen LogP contribution in [-0.4, -0.2) is 10.8 Å². The van der Waals surface area contributed by atoms with Crippen molar-refractivity contribution in [1.29, 1.82) is 0 Å². The van der Waals surface area contributed by atoms with Crippen LogP contribution in [0.3, 0.4) is 0 Å². The Labute approximate surface area is 120 Å². The largest absolute Gasteiger partial charge is 0.294 e. The lowest BCUT2D eigenvalue weighted by atomic mass is 9.84. The quantitative estimate of drug-likeness (QED) is 0.755. The van der Waals surface area contributed by atoms with E-state index in [1.807, 2.05) is 37.3 Å². The molecule has 0 atom stereocenters. The Balaban J connectivity index is 1.90. The van der Waals surface area contributed by atoms with Crippen LogP contribution in [0, 0.1) is 12.8 Å². The van der Waals surface area contributed by atoms with Gasteiger partial charge in [0.2, 0.25) is 0 Å². The van der Waals surface area contributed by atoms with Gasteiger partial charge in [0.05, 0.1) is 5.52 Å². The van der Waals surface area contributed by atoms with Crippen LogP contribution < -0.4 is 0 Å². The average Bonchev–Trinajstić information content (AvgIpc) is 2.47. The molecule has 0 aliphatic heterocycles. The van der Waals surface area contributed by atoms with Gasteiger partial charge in [0.1, 0.15) is 0 Å². The van der Waals surface area contributed by atoms with E-state index in [0.29, 0.717) is 18.1 Å². The second-order valence-electron chi connectivity index (χ2n) is 5.96. The minimum absolute atomic E-state index is 0.290. The lowest BCUT2D eigenvalue weighted by Crippen LogP contribution is -2.13. The number of hydrogen-bond acceptors (Lipinski definition) is 2. The van der Waals surface area contributed by atoms with Gasteiger partial charge in [0.25, 0.3) is 0 Å². The van der Waals surface area contributed by atoms with E-state index in [2.05, 4.69) is 4.98 Å². The molecule has 1 fully saturated rings. The fraction of sp³-hybridized carbons (Fsp3) is 0.444. The highest BCUT2D eigenvalue weighted by atomic mass is 16.1. The molecular formula is C18H21NO. The lowest BCUT2D eigenvalue weighted by molar-refractivity contribution is 0.0951. The van der Waals surface area contributed by atoms with Crippen molar-refractivity contribution in [1.82, 2.24) is 4.98 Å². The van der Waals surface area contributed by atoms with Crippen molar-refractivity contribution in [2.45, 2.75) is 45.4 Å². The van der Waals surface area contributed by atoms with Gasteiger partial charge in [-0.05, 0) is 25.0 Å². The van der Waals surface area contributed by atoms with Crippen LogP contribution >= 0.6 is 0 Å². The van der Waals surface area contributed by atoms with E-state index in [1.165, 1.54) is 32.1 Å². The molecule has 1 aliphatic rings. The molecule has 104 valence electrons. The zero-order valence-electron chi connectivity index (χ0n) is 12.1. The Hall–Kier alpha value is -1.70. The third kappa shape index (κ3) is 2.74. The highest BCUT2D eigenvalue weighted by molar-refractivity contribution is 6.07. The van der Waals surface area contributed by atoms with Crippen LogP contribution in [0.4, 0.5) is 0 Å². The Morgan fingerprint density at radius 2 is 1.95 bits per heavy atom. The van der Waals surface area contributed by atoms with Crippen LogP contribution in [0.2, 0.25) is 0 Å². The van der Waals surface area contributed by atoms with E-state index in [0.717, 1.165) is 22.2 Å². The number of nitrogens with zero attached hydrogens (tertiary/aromatic N) is 1. The lowest BCUT2D eigenvalue weighted by Gasteiger charge is -2.21. The van der Waals surface area contributed by atoms with Crippen LogP contribution in [0.1, 0.15) is 54.6 Å². The summed E-state index contributed by atoms with van der Waals surface area (Å²) in [5.74, 6) is 0.877. The predicted molar refractivity (Wildman–Crippen MR) is 82.0 cm³/mol. The first-order chi connectivity index (χ1) is 9.74. The fourth-order valence-electron chi connectivity index (χ4n) is 3.30. The van der Waals surface area contributed by atoms with Gasteiger partial charge < -0.3 is 0 Å². The SMILES string of the molecule is Cc1cc(C(=O)CC2CCCCC2)c2ccccc2n1. The summed E-state index contributed by atoms with van der Waals surface area (Å²) in [6, 6.07) is 9.91. The Bertz CT molecular complexity index is 626. The molecule has 20 heavy (non-hydrogen) atoms. The van der Waals surface area contributed by atoms with Crippen molar-refractivity contribution in [3.8, 4) is 0 Å². The maximum atomic E-state index is 12.7. The van der Waals surface area contributed by atoms with Crippen LogP contribution in [0.25, 0.3) is 10.9 Å². The van der Waals surface area contributed by atoms with Crippen molar-refractivity contribution in [3.05, 3.63) is 41.6 Å². The molecule has 2 aromatic rings. The van der Waals surface area contributed by atoms with Gasteiger partial charge in [-0.15, -0.1) is 0 Å². The maximum absolute atomic E-state index is 12.7. The summed E-state index contributed by atoms with van der Waals surface area (Å²) in [6.07, 6.45) is 7.04. The number of pyridine rings is 1. The molecule has 1 aromatic carbocycles. The second-order valence-corrected chi connectivity index (χ2v) is 5.96. The first-order valence-electron chi connectivity index (χ1n) is 7.63. The molecule has 0 radical (unpaired) electrons. The number of ketones is 1. The Morgan fingerprint density at radius 1 is 1.20 bits per heavy atom. The summed E-state index contributed by atoms with van der Waals surface area (Å²) in [6.45, 7) is 1.96. The molecule has 0 amide bonds. The van der Waals surface area contributed by atoms with E-state index in [-0.39, 0.29) is 0 Å². The van der Waals surface area contributed by atoms with Gasteiger partial charge in [-0.2, -0.15) is 0 Å². The molecule has 0 unspecified atom stereocenters. The summed E-state index contributed by atoms with van der Waals surface area (Å²) < 4.78 is 0. The molecule has 1 aromatic heterocycles. The van der Waals surface area contributed by atoms with Crippen molar-refractivity contribution >= 4 is 16.7 Å². The highest BCUT2D eigenvalue weighted by Crippen LogP contribution is 2.29. The second kappa shape index (κ2) is 5.74. The standard InChI is InChI=1S/C18H21NO/c1-13-11-16(15-9-5-6-10-17(15)19-13)18(20)12-14-7-3-2-4-8-14/h5-6,9-11,14H,2-4,7-8,12H2,1H3. The Kier molecular flexibility index (Phi) is 3.81. The molecule has 0 spiro atoms. The zero-order valence-corrected chi connectivity index (χ0v) is 12.1. The topological polar surface area (TPSA) is 30.0 Å². The third-order valence-electron chi connectivity index (χ3n) is 4.34. The van der Waals surface area contributed by atoms with Gasteiger partial charge >= 0.3 is 0 Å². The van der Waals surface area contributed by atoms with Crippen molar-refractivity contribution in [2.75, 3.05) is 0 Å². The molecule has 0 bridgehead atoms. The van der Waals surface area contributed by atoms with Crippen molar-refractivity contribution in [3.63, 3.8) is 0 Å². The maximum Gasteiger partial charge on any atom is 0.163 e. The van der Waals surface area contributed by atoms with Gasteiger partial charge in [-0.3, -0.25) is 9.78 Å². The van der Waals surface area contributed by atoms with E-state index >= 15 is 0 Å². The van der Waals surface area contributed by atoms with Gasteiger partial charge in [-0.1, -0.05) is 50.3 Å². The molecular weight excluding hydrogens is 246 g/mol. The number of Topliss-reactive ketones (excluding diaryl/α,β-unsaturated/α-hetero) is 1. The first-order valence-corrected chi connectivity index (χ1v) is 7.63. The number of carbonyl (C=O) groups is 1. The average molecular weight is 267 g/mol. The van der Waals surface area contributed by atoms with Crippen LogP contribution in [0.5, 0.6) is 0 Å². The van der Waals surface area contributed by atoms with Gasteiger partial charge in [0.15, 0.2) is 5.78 Å². The number of hydrogen-bond donors (Lipinski definition) is 0. The fourth-order valence-corrected chi connectivity index (χ4v) is 3.30.